The number of likely N-dealkylation sites (tertiary alicyclic amines) is 1. The molecule has 2 aliphatic rings. The van der Waals surface area contributed by atoms with Crippen molar-refractivity contribution >= 4 is 17.8 Å². The average molecular weight is 670 g/mol. The lowest BCUT2D eigenvalue weighted by atomic mass is 9.65. The number of carbonyl (C=O) groups excluding carboxylic acids is 3. The first-order chi connectivity index (χ1) is 22.6. The second-order valence-electron chi connectivity index (χ2n) is 13.2. The first-order valence-electron chi connectivity index (χ1n) is 16.2. The number of ether oxygens (including phenoxy) is 2. The molecule has 8 atom stereocenters. The molecular formula is C36H51N3O9. The Morgan fingerprint density at radius 3 is 2.46 bits per heavy atom. The van der Waals surface area contributed by atoms with E-state index in [4.69, 9.17) is 13.9 Å². The minimum absolute atomic E-state index is 0.160. The Kier molecular flexibility index (Phi) is 12.9. The van der Waals surface area contributed by atoms with Crippen LogP contribution in [0.5, 0.6) is 0 Å². The molecule has 264 valence electrons. The van der Waals surface area contributed by atoms with Crippen molar-refractivity contribution in [3.05, 3.63) is 78.6 Å². The van der Waals surface area contributed by atoms with Gasteiger partial charge in [-0.25, -0.2) is 9.78 Å². The van der Waals surface area contributed by atoms with Gasteiger partial charge in [0, 0.05) is 27.1 Å². The van der Waals surface area contributed by atoms with E-state index in [0.717, 1.165) is 5.76 Å². The van der Waals surface area contributed by atoms with Crippen LogP contribution in [0.4, 0.5) is 0 Å². The molecule has 3 heterocycles. The number of methoxy groups -OCH3 is 1. The molecule has 2 aliphatic heterocycles. The molecule has 48 heavy (non-hydrogen) atoms. The number of likely N-dealkylation sites (N-methyl/N-ethyl adjacent to an activating group) is 1. The monoisotopic (exact) mass is 669 g/mol. The summed E-state index contributed by atoms with van der Waals surface area (Å²) in [5.74, 6) is -1.95. The number of esters is 1. The van der Waals surface area contributed by atoms with Gasteiger partial charge in [0.1, 0.15) is 17.5 Å². The zero-order chi connectivity index (χ0) is 35.9. The quantitative estimate of drug-likeness (QED) is 0.152. The van der Waals surface area contributed by atoms with Crippen LogP contribution in [0.25, 0.3) is 0 Å². The summed E-state index contributed by atoms with van der Waals surface area (Å²) in [4.78, 5) is 43.7. The van der Waals surface area contributed by atoms with Crippen LogP contribution in [-0.2, 0) is 30.3 Å². The van der Waals surface area contributed by atoms with Crippen molar-refractivity contribution in [1.82, 2.24) is 15.2 Å². The van der Waals surface area contributed by atoms with E-state index in [1.54, 1.807) is 84.2 Å². The summed E-state index contributed by atoms with van der Waals surface area (Å²) in [6.07, 6.45) is 16.0. The number of aliphatic hydroxyl groups excluding tert-OH is 2. The number of hydrogen-bond donors (Lipinski definition) is 4. The standard InChI is InChI=1S/C36H51N3O9/c1-23(16-12-9-10-13-17-27-21-37-22-47-27)30(41)34(5,6)32(43)38-19-15-11-14-18-28(40)24(2)20-29(46-8)36(45)25(3)31(42)39(7)35(36)26(4)48-33(35)44/h9-16,18,21-22,24-26,28-30,40-41,45H,17,19-20H2,1-8H3,(H,38,43)/b12-9-,13-10+,15-11+,18-14+,23-16-/t24-,25+,26+,28+,29+,30-,35-,36-/m1/s1. The van der Waals surface area contributed by atoms with Crippen molar-refractivity contribution in [2.24, 2.45) is 17.3 Å². The lowest BCUT2D eigenvalue weighted by Gasteiger charge is -2.55. The van der Waals surface area contributed by atoms with Crippen LogP contribution in [0.15, 0.2) is 77.3 Å². The second kappa shape index (κ2) is 16.0. The molecule has 3 rings (SSSR count). The fraction of sp³-hybridized carbons (Fsp3) is 0.556. The Bertz CT molecular complexity index is 1430. The number of aromatic nitrogens is 1. The molecule has 0 aliphatic carbocycles. The molecule has 4 N–H and O–H groups in total. The number of cyclic esters (lactones) is 1. The normalized spacial score (nSPS) is 27.7. The zero-order valence-corrected chi connectivity index (χ0v) is 29.1. The van der Waals surface area contributed by atoms with E-state index >= 15 is 0 Å². The predicted molar refractivity (Wildman–Crippen MR) is 179 cm³/mol. The minimum Gasteiger partial charge on any atom is -0.457 e. The second-order valence-corrected chi connectivity index (χ2v) is 13.2. The number of aliphatic hydroxyl groups is 3. The SMILES string of the molecule is CO[C@@H](C[C@@H](C)[C@@H](O)/C=C/C=C/CNC(=O)C(C)(C)[C@H](O)\C(C)=C/C=C\C=C\Cc1cnco1)[C@]1(O)[C@@H](C)C(=O)N(C)[C@]12C(=O)O[C@H]2C. The summed E-state index contributed by atoms with van der Waals surface area (Å²) in [6, 6.07) is 0. The number of rotatable bonds is 16. The van der Waals surface area contributed by atoms with Crippen LogP contribution < -0.4 is 5.32 Å². The number of oxazole rings is 1. The first-order valence-corrected chi connectivity index (χ1v) is 16.2. The van der Waals surface area contributed by atoms with Crippen LogP contribution in [0.3, 0.4) is 0 Å². The molecule has 2 amide bonds. The number of amides is 2. The molecule has 0 radical (unpaired) electrons. The van der Waals surface area contributed by atoms with Gasteiger partial charge in [0.25, 0.3) is 0 Å². The number of allylic oxidation sites excluding steroid dienone is 7. The summed E-state index contributed by atoms with van der Waals surface area (Å²) in [5.41, 5.74) is -3.87. The topological polar surface area (TPSA) is 172 Å². The van der Waals surface area contributed by atoms with Gasteiger partial charge >= 0.3 is 5.97 Å². The van der Waals surface area contributed by atoms with Crippen molar-refractivity contribution < 1.29 is 43.6 Å². The maximum atomic E-state index is 12.9. The van der Waals surface area contributed by atoms with Gasteiger partial charge in [-0.15, -0.1) is 0 Å². The summed E-state index contributed by atoms with van der Waals surface area (Å²) >= 11 is 0. The van der Waals surface area contributed by atoms with Crippen LogP contribution >= 0.6 is 0 Å². The zero-order valence-electron chi connectivity index (χ0n) is 29.1. The molecule has 0 saturated carbocycles. The highest BCUT2D eigenvalue weighted by molar-refractivity contribution is 5.99. The third-order valence-electron chi connectivity index (χ3n) is 9.78. The van der Waals surface area contributed by atoms with Gasteiger partial charge in [-0.3, -0.25) is 9.59 Å². The molecule has 12 heteroatoms. The average Bonchev–Trinajstić information content (AvgIpc) is 3.63. The highest BCUT2D eigenvalue weighted by Gasteiger charge is 2.80. The van der Waals surface area contributed by atoms with E-state index in [9.17, 15) is 29.7 Å². The van der Waals surface area contributed by atoms with E-state index in [0.29, 0.717) is 12.0 Å². The molecule has 2 fully saturated rings. The Morgan fingerprint density at radius 2 is 1.85 bits per heavy atom. The highest BCUT2D eigenvalue weighted by atomic mass is 16.6. The van der Waals surface area contributed by atoms with Crippen LogP contribution in [0, 0.1) is 17.3 Å². The molecule has 12 nitrogen and oxygen atoms in total. The summed E-state index contributed by atoms with van der Waals surface area (Å²) in [6.45, 7) is 10.3. The Morgan fingerprint density at radius 1 is 1.17 bits per heavy atom. The van der Waals surface area contributed by atoms with Gasteiger partial charge in [-0.2, -0.15) is 0 Å². The molecule has 0 aromatic carbocycles. The van der Waals surface area contributed by atoms with E-state index < -0.39 is 58.8 Å². The first kappa shape index (κ1) is 38.6. The lowest BCUT2D eigenvalue weighted by Crippen LogP contribution is -2.80. The summed E-state index contributed by atoms with van der Waals surface area (Å²) in [5, 5.41) is 36.5. The van der Waals surface area contributed by atoms with Crippen molar-refractivity contribution in [1.29, 1.82) is 0 Å². The summed E-state index contributed by atoms with van der Waals surface area (Å²) < 4.78 is 16.0. The van der Waals surface area contributed by atoms with Crippen LogP contribution in [-0.4, -0.2) is 99.2 Å². The molecule has 0 unspecified atom stereocenters. The van der Waals surface area contributed by atoms with Crippen LogP contribution in [0.1, 0.15) is 53.7 Å². The van der Waals surface area contributed by atoms with E-state index in [-0.39, 0.29) is 24.8 Å². The van der Waals surface area contributed by atoms with Gasteiger partial charge in [0.2, 0.25) is 17.4 Å². The van der Waals surface area contributed by atoms with E-state index in [2.05, 4.69) is 10.3 Å². The summed E-state index contributed by atoms with van der Waals surface area (Å²) in [7, 11) is 2.89. The maximum absolute atomic E-state index is 12.9. The molecule has 1 aromatic heterocycles. The van der Waals surface area contributed by atoms with E-state index in [1.165, 1.54) is 25.5 Å². The Balaban J connectivity index is 1.50. The fourth-order valence-electron chi connectivity index (χ4n) is 6.61. The van der Waals surface area contributed by atoms with Crippen molar-refractivity contribution in [3.63, 3.8) is 0 Å². The number of nitrogens with zero attached hydrogens (tertiary/aromatic N) is 2. The highest BCUT2D eigenvalue weighted by Crippen LogP contribution is 2.54. The van der Waals surface area contributed by atoms with Gasteiger partial charge in [-0.05, 0) is 45.6 Å². The fourth-order valence-corrected chi connectivity index (χ4v) is 6.61. The van der Waals surface area contributed by atoms with Gasteiger partial charge in [-0.1, -0.05) is 68.5 Å². The lowest BCUT2D eigenvalue weighted by molar-refractivity contribution is -0.255. The van der Waals surface area contributed by atoms with Gasteiger partial charge in [0.15, 0.2) is 6.39 Å². The minimum atomic E-state index is -1.86. The van der Waals surface area contributed by atoms with Crippen LogP contribution in [0.2, 0.25) is 0 Å². The smallest absolute Gasteiger partial charge is 0.339 e. The van der Waals surface area contributed by atoms with Crippen molar-refractivity contribution in [2.45, 2.75) is 89.9 Å². The van der Waals surface area contributed by atoms with Gasteiger partial charge < -0.3 is 39.4 Å². The Labute approximate surface area is 282 Å². The largest absolute Gasteiger partial charge is 0.457 e. The van der Waals surface area contributed by atoms with Gasteiger partial charge in [0.05, 0.1) is 35.8 Å². The Hall–Kier alpha value is -3.84. The third-order valence-corrected chi connectivity index (χ3v) is 9.78. The molecule has 2 saturated heterocycles. The maximum Gasteiger partial charge on any atom is 0.339 e. The third kappa shape index (κ3) is 7.41. The van der Waals surface area contributed by atoms with Crippen molar-refractivity contribution in [3.8, 4) is 0 Å². The molecule has 1 spiro atoms. The predicted octanol–water partition coefficient (Wildman–Crippen LogP) is 2.82. The van der Waals surface area contributed by atoms with Crippen molar-refractivity contribution in [2.75, 3.05) is 20.7 Å². The number of nitrogens with one attached hydrogen (secondary N) is 1. The number of carbonyl (C=O) groups is 3. The number of hydrogen-bond acceptors (Lipinski definition) is 10. The molecule has 1 aromatic rings. The molecule has 0 bridgehead atoms. The van der Waals surface area contributed by atoms with E-state index in [1.807, 2.05) is 18.2 Å². The molecular weight excluding hydrogens is 618 g/mol.